The van der Waals surface area contributed by atoms with Gasteiger partial charge in [0.15, 0.2) is 0 Å². The topological polar surface area (TPSA) is 140 Å². The van der Waals surface area contributed by atoms with Crippen molar-refractivity contribution in [2.75, 3.05) is 11.9 Å². The van der Waals surface area contributed by atoms with Gasteiger partial charge in [-0.2, -0.15) is 0 Å². The molecule has 2 fully saturated rings. The molecule has 0 saturated heterocycles. The number of amides is 3. The summed E-state index contributed by atoms with van der Waals surface area (Å²) in [4.78, 5) is 36.2. The number of hydroxylamine groups is 1. The van der Waals surface area contributed by atoms with Gasteiger partial charge in [0.25, 0.3) is 11.8 Å². The lowest BCUT2D eigenvalue weighted by Gasteiger charge is -2.22. The lowest BCUT2D eigenvalue weighted by Crippen LogP contribution is -2.51. The van der Waals surface area contributed by atoms with Gasteiger partial charge in [0.05, 0.1) is 12.6 Å². The van der Waals surface area contributed by atoms with Crippen molar-refractivity contribution in [3.8, 4) is 23.7 Å². The second-order valence-electron chi connectivity index (χ2n) is 10.0. The zero-order chi connectivity index (χ0) is 27.8. The third kappa shape index (κ3) is 8.17. The minimum absolute atomic E-state index is 0. The van der Waals surface area contributed by atoms with E-state index in [-0.39, 0.29) is 18.9 Å². The summed E-state index contributed by atoms with van der Waals surface area (Å²) in [5, 5.41) is 27.1. The molecule has 0 unspecified atom stereocenters. The van der Waals surface area contributed by atoms with E-state index in [0.717, 1.165) is 17.4 Å². The Morgan fingerprint density at radius 2 is 1.57 bits per heavy atom. The van der Waals surface area contributed by atoms with E-state index in [1.165, 1.54) is 50.2 Å². The third-order valence-electron chi connectivity index (χ3n) is 7.22. The predicted octanol–water partition coefficient (Wildman–Crippen LogP) is 2.43. The SMILES string of the molecule is C.C[C@@H](O)[C@H](NC(=O)c1ccc(C#CC#Cc2ccc(NC(=O)CN[C@@H]3C[C@H]4CC[C@@H]3C4)cc2)cc1)C(=O)NO. The number of aliphatic hydroxyl groups is 1. The number of aliphatic hydroxyl groups excluding tert-OH is 1. The van der Waals surface area contributed by atoms with E-state index in [4.69, 9.17) is 5.21 Å². The first-order valence-corrected chi connectivity index (χ1v) is 13.0. The molecule has 5 atom stereocenters. The number of fused-ring (bicyclic) bond motifs is 2. The Kier molecular flexibility index (Phi) is 10.9. The Hall–Kier alpha value is -4.15. The number of anilines is 1. The van der Waals surface area contributed by atoms with Crippen molar-refractivity contribution < 1.29 is 24.7 Å². The van der Waals surface area contributed by atoms with Crippen LogP contribution < -0.4 is 21.4 Å². The molecular formula is C31H36N4O5. The molecule has 9 nitrogen and oxygen atoms in total. The Bertz CT molecular complexity index is 1320. The van der Waals surface area contributed by atoms with E-state index >= 15 is 0 Å². The molecule has 0 spiro atoms. The van der Waals surface area contributed by atoms with E-state index in [1.807, 2.05) is 24.3 Å². The number of benzene rings is 2. The van der Waals surface area contributed by atoms with Crippen molar-refractivity contribution in [1.82, 2.24) is 16.1 Å². The van der Waals surface area contributed by atoms with Gasteiger partial charge < -0.3 is 21.1 Å². The van der Waals surface area contributed by atoms with Crippen LogP contribution in [0.25, 0.3) is 0 Å². The molecule has 2 aromatic carbocycles. The van der Waals surface area contributed by atoms with Crippen LogP contribution in [0.15, 0.2) is 48.5 Å². The number of nitrogens with one attached hydrogen (secondary N) is 4. The fraction of sp³-hybridized carbons (Fsp3) is 0.387. The van der Waals surface area contributed by atoms with Crippen LogP contribution in [0.2, 0.25) is 0 Å². The molecule has 2 saturated carbocycles. The Labute approximate surface area is 235 Å². The number of rotatable bonds is 8. The maximum absolute atomic E-state index is 12.3. The molecule has 2 bridgehead atoms. The largest absolute Gasteiger partial charge is 0.391 e. The molecule has 0 aromatic heterocycles. The molecule has 2 aliphatic carbocycles. The smallest absolute Gasteiger partial charge is 0.268 e. The highest BCUT2D eigenvalue weighted by molar-refractivity contribution is 5.97. The molecule has 0 radical (unpaired) electrons. The quantitative estimate of drug-likeness (QED) is 0.171. The van der Waals surface area contributed by atoms with Crippen LogP contribution >= 0.6 is 0 Å². The van der Waals surface area contributed by atoms with Crippen LogP contribution in [0, 0.1) is 35.5 Å². The molecule has 6 N–H and O–H groups in total. The first-order valence-electron chi connectivity index (χ1n) is 13.0. The highest BCUT2D eigenvalue weighted by Crippen LogP contribution is 2.44. The third-order valence-corrected chi connectivity index (χ3v) is 7.22. The van der Waals surface area contributed by atoms with Gasteiger partial charge in [0, 0.05) is 28.4 Å². The van der Waals surface area contributed by atoms with E-state index < -0.39 is 24.0 Å². The second-order valence-corrected chi connectivity index (χ2v) is 10.0. The predicted molar refractivity (Wildman–Crippen MR) is 152 cm³/mol. The molecule has 40 heavy (non-hydrogen) atoms. The van der Waals surface area contributed by atoms with E-state index in [0.29, 0.717) is 23.8 Å². The van der Waals surface area contributed by atoms with Crippen molar-refractivity contribution in [3.63, 3.8) is 0 Å². The molecule has 4 rings (SSSR count). The molecular weight excluding hydrogens is 508 g/mol. The summed E-state index contributed by atoms with van der Waals surface area (Å²) in [5.74, 6) is 11.4. The van der Waals surface area contributed by atoms with Crippen LogP contribution in [0.1, 0.15) is 61.5 Å². The average Bonchev–Trinajstić information content (AvgIpc) is 3.57. The van der Waals surface area contributed by atoms with Gasteiger partial charge >= 0.3 is 0 Å². The van der Waals surface area contributed by atoms with Crippen molar-refractivity contribution in [3.05, 3.63) is 65.2 Å². The van der Waals surface area contributed by atoms with Gasteiger partial charge in [-0.15, -0.1) is 0 Å². The van der Waals surface area contributed by atoms with Crippen molar-refractivity contribution in [1.29, 1.82) is 0 Å². The van der Waals surface area contributed by atoms with Crippen LogP contribution in [-0.2, 0) is 9.59 Å². The van der Waals surface area contributed by atoms with Crippen molar-refractivity contribution in [2.45, 2.75) is 58.2 Å². The van der Waals surface area contributed by atoms with Crippen LogP contribution in [0.3, 0.4) is 0 Å². The monoisotopic (exact) mass is 544 g/mol. The van der Waals surface area contributed by atoms with E-state index in [1.54, 1.807) is 12.1 Å². The highest BCUT2D eigenvalue weighted by atomic mass is 16.5. The summed E-state index contributed by atoms with van der Waals surface area (Å²) < 4.78 is 0. The molecule has 9 heteroatoms. The van der Waals surface area contributed by atoms with Crippen molar-refractivity contribution in [2.24, 2.45) is 11.8 Å². The fourth-order valence-corrected chi connectivity index (χ4v) is 5.17. The Balaban J connectivity index is 0.00000441. The number of hydrogen-bond acceptors (Lipinski definition) is 6. The van der Waals surface area contributed by atoms with Crippen molar-refractivity contribution >= 4 is 23.4 Å². The molecule has 0 aliphatic heterocycles. The number of hydrogen-bond donors (Lipinski definition) is 6. The average molecular weight is 545 g/mol. The zero-order valence-corrected chi connectivity index (χ0v) is 21.7. The van der Waals surface area contributed by atoms with Gasteiger partial charge in [-0.05, 0) is 98.4 Å². The Morgan fingerprint density at radius 1 is 0.950 bits per heavy atom. The molecule has 210 valence electrons. The Morgan fingerprint density at radius 3 is 2.10 bits per heavy atom. The lowest BCUT2D eigenvalue weighted by atomic mass is 9.95. The minimum atomic E-state index is -1.30. The first kappa shape index (κ1) is 30.4. The van der Waals surface area contributed by atoms with E-state index in [9.17, 15) is 19.5 Å². The maximum atomic E-state index is 12.3. The summed E-state index contributed by atoms with van der Waals surface area (Å²) in [6.45, 7) is 1.64. The van der Waals surface area contributed by atoms with Crippen LogP contribution in [0.5, 0.6) is 0 Å². The number of carbonyl (C=O) groups excluding carboxylic acids is 3. The summed E-state index contributed by atoms with van der Waals surface area (Å²) in [7, 11) is 0. The summed E-state index contributed by atoms with van der Waals surface area (Å²) in [5.41, 5.74) is 3.79. The standard InChI is InChI=1S/C30H32N4O5.CH4/c1-19(35)28(30(38)34-39)33-29(37)23-11-6-20(7-12-23)4-2-3-5-21-9-14-25(15-10-21)32-27(36)18-31-26-17-22-8-13-24(26)16-22;/h6-7,9-12,14-15,19,22,24,26,28,31,35,39H,8,13,16-18H2,1H3,(H,32,36)(H,33,37)(H,34,38);1H4/t19-,22+,24-,26-,28+;/m1./s1. The van der Waals surface area contributed by atoms with Crippen LogP contribution in [0.4, 0.5) is 5.69 Å². The minimum Gasteiger partial charge on any atom is -0.391 e. The molecule has 0 heterocycles. The molecule has 2 aliphatic rings. The first-order chi connectivity index (χ1) is 18.8. The summed E-state index contributed by atoms with van der Waals surface area (Å²) >= 11 is 0. The zero-order valence-electron chi connectivity index (χ0n) is 21.7. The normalized spacial score (nSPS) is 19.9. The highest BCUT2D eigenvalue weighted by Gasteiger charge is 2.39. The number of carbonyl (C=O) groups is 3. The van der Waals surface area contributed by atoms with Gasteiger partial charge in [-0.25, -0.2) is 5.48 Å². The summed E-state index contributed by atoms with van der Waals surface area (Å²) in [6.07, 6.45) is 3.92. The van der Waals surface area contributed by atoms with Gasteiger partial charge in [-0.3, -0.25) is 19.6 Å². The second kappa shape index (κ2) is 14.3. The lowest BCUT2D eigenvalue weighted by molar-refractivity contribution is -0.133. The van der Waals surface area contributed by atoms with E-state index in [2.05, 4.69) is 39.6 Å². The van der Waals surface area contributed by atoms with Gasteiger partial charge in [0.2, 0.25) is 5.91 Å². The van der Waals surface area contributed by atoms with Gasteiger partial charge in [0.1, 0.15) is 6.04 Å². The molecule has 2 aromatic rings. The maximum Gasteiger partial charge on any atom is 0.268 e. The fourth-order valence-electron chi connectivity index (χ4n) is 5.17. The summed E-state index contributed by atoms with van der Waals surface area (Å²) in [6, 6.07) is 12.8. The van der Waals surface area contributed by atoms with Gasteiger partial charge in [-0.1, -0.05) is 25.7 Å². The molecule has 3 amide bonds. The van der Waals surface area contributed by atoms with Crippen LogP contribution in [-0.4, -0.2) is 52.8 Å².